The zero-order chi connectivity index (χ0) is 12.1. The van der Waals surface area contributed by atoms with Gasteiger partial charge >= 0.3 is 0 Å². The molecule has 0 saturated carbocycles. The van der Waals surface area contributed by atoms with Crippen molar-refractivity contribution in [1.29, 1.82) is 0 Å². The maximum absolute atomic E-state index is 5.85. The Morgan fingerprint density at radius 3 is 2.41 bits per heavy atom. The summed E-state index contributed by atoms with van der Waals surface area (Å²) in [5, 5.41) is 0.795. The summed E-state index contributed by atoms with van der Waals surface area (Å²) in [5.74, 6) is 0. The van der Waals surface area contributed by atoms with E-state index in [0.29, 0.717) is 0 Å². The molecule has 0 nitrogen and oxygen atoms in total. The Morgan fingerprint density at radius 1 is 1.00 bits per heavy atom. The summed E-state index contributed by atoms with van der Waals surface area (Å²) in [6.07, 6.45) is 4.32. The molecule has 0 spiro atoms. The third-order valence-electron chi connectivity index (χ3n) is 2.62. The van der Waals surface area contributed by atoms with Crippen LogP contribution in [0, 0.1) is 6.42 Å². The van der Waals surface area contributed by atoms with Crippen molar-refractivity contribution >= 4 is 27.5 Å². The van der Waals surface area contributed by atoms with Crippen molar-refractivity contribution in [2.45, 2.75) is 12.8 Å². The van der Waals surface area contributed by atoms with Crippen LogP contribution in [-0.4, -0.2) is 0 Å². The minimum atomic E-state index is 0.795. The van der Waals surface area contributed by atoms with Gasteiger partial charge in [0.15, 0.2) is 0 Å². The zero-order valence-corrected chi connectivity index (χ0v) is 11.7. The number of hydrogen-bond acceptors (Lipinski definition) is 0. The lowest BCUT2D eigenvalue weighted by Crippen LogP contribution is -1.88. The second-order valence-corrected chi connectivity index (χ2v) is 5.18. The van der Waals surface area contributed by atoms with Crippen LogP contribution in [0.25, 0.3) is 0 Å². The fourth-order valence-corrected chi connectivity index (χ4v) is 2.26. The van der Waals surface area contributed by atoms with Crippen molar-refractivity contribution in [1.82, 2.24) is 0 Å². The van der Waals surface area contributed by atoms with Crippen LogP contribution in [-0.2, 0) is 6.42 Å². The van der Waals surface area contributed by atoms with Gasteiger partial charge in [0.25, 0.3) is 0 Å². The summed E-state index contributed by atoms with van der Waals surface area (Å²) < 4.78 is 1.15. The summed E-state index contributed by atoms with van der Waals surface area (Å²) >= 11 is 9.39. The van der Waals surface area contributed by atoms with E-state index in [0.717, 1.165) is 22.3 Å². The first-order chi connectivity index (χ1) is 8.25. The van der Waals surface area contributed by atoms with E-state index in [1.807, 2.05) is 18.2 Å². The van der Waals surface area contributed by atoms with E-state index >= 15 is 0 Å². The van der Waals surface area contributed by atoms with E-state index in [9.17, 15) is 0 Å². The number of aryl methyl sites for hydroxylation is 1. The highest BCUT2D eigenvalue weighted by molar-refractivity contribution is 9.10. The van der Waals surface area contributed by atoms with E-state index in [1.54, 1.807) is 0 Å². The molecule has 0 fully saturated rings. The number of halogens is 2. The number of rotatable bonds is 4. The van der Waals surface area contributed by atoms with Crippen LogP contribution in [0.5, 0.6) is 0 Å². The van der Waals surface area contributed by atoms with Gasteiger partial charge in [0.1, 0.15) is 0 Å². The van der Waals surface area contributed by atoms with Crippen LogP contribution in [0.1, 0.15) is 17.5 Å². The third-order valence-corrected chi connectivity index (χ3v) is 3.59. The van der Waals surface area contributed by atoms with Gasteiger partial charge in [-0.3, -0.25) is 0 Å². The average Bonchev–Trinajstić information content (AvgIpc) is 2.34. The monoisotopic (exact) mass is 307 g/mol. The van der Waals surface area contributed by atoms with Gasteiger partial charge in [0.05, 0.1) is 0 Å². The van der Waals surface area contributed by atoms with E-state index in [1.165, 1.54) is 11.1 Å². The summed E-state index contributed by atoms with van der Waals surface area (Å²) in [5.41, 5.74) is 2.57. The molecule has 0 atom stereocenters. The quantitative estimate of drug-likeness (QED) is 0.720. The lowest BCUT2D eigenvalue weighted by molar-refractivity contribution is 0.949. The van der Waals surface area contributed by atoms with Gasteiger partial charge in [-0.05, 0) is 48.6 Å². The first kappa shape index (κ1) is 12.7. The molecule has 0 amide bonds. The van der Waals surface area contributed by atoms with Gasteiger partial charge in [-0.2, -0.15) is 0 Å². The van der Waals surface area contributed by atoms with Crippen LogP contribution in [0.3, 0.4) is 0 Å². The summed E-state index contributed by atoms with van der Waals surface area (Å²) in [6.45, 7) is 0. The van der Waals surface area contributed by atoms with Crippen LogP contribution in [0.2, 0.25) is 5.02 Å². The fourth-order valence-electron chi connectivity index (χ4n) is 1.69. The molecule has 2 rings (SSSR count). The molecule has 0 aliphatic carbocycles. The molecule has 87 valence electrons. The maximum Gasteiger partial charge on any atom is 0.0406 e. The highest BCUT2D eigenvalue weighted by Crippen LogP contribution is 2.20. The Kier molecular flexibility index (Phi) is 4.64. The molecule has 0 aromatic heterocycles. The lowest BCUT2D eigenvalue weighted by Gasteiger charge is -2.04. The van der Waals surface area contributed by atoms with Gasteiger partial charge in [-0.1, -0.05) is 57.9 Å². The van der Waals surface area contributed by atoms with Gasteiger partial charge < -0.3 is 0 Å². The molecule has 2 aromatic rings. The maximum atomic E-state index is 5.85. The molecule has 0 heterocycles. The molecule has 17 heavy (non-hydrogen) atoms. The topological polar surface area (TPSA) is 0 Å². The van der Waals surface area contributed by atoms with Crippen molar-refractivity contribution in [3.05, 3.63) is 75.6 Å². The molecular formula is C15H13BrCl. The van der Waals surface area contributed by atoms with E-state index in [-0.39, 0.29) is 0 Å². The minimum absolute atomic E-state index is 0.795. The van der Waals surface area contributed by atoms with Crippen molar-refractivity contribution in [2.24, 2.45) is 0 Å². The Hall–Kier alpha value is -0.790. The van der Waals surface area contributed by atoms with E-state index in [2.05, 4.69) is 52.7 Å². The predicted molar refractivity (Wildman–Crippen MR) is 77.3 cm³/mol. The van der Waals surface area contributed by atoms with Crippen molar-refractivity contribution in [2.75, 3.05) is 0 Å². The van der Waals surface area contributed by atoms with Gasteiger partial charge in [-0.15, -0.1) is 0 Å². The second kappa shape index (κ2) is 6.23. The highest BCUT2D eigenvalue weighted by atomic mass is 79.9. The van der Waals surface area contributed by atoms with E-state index in [4.69, 9.17) is 11.6 Å². The average molecular weight is 309 g/mol. The summed E-state index contributed by atoms with van der Waals surface area (Å²) in [4.78, 5) is 0. The molecule has 2 heteroatoms. The van der Waals surface area contributed by atoms with Crippen molar-refractivity contribution in [3.8, 4) is 0 Å². The Labute approximate surface area is 116 Å². The largest absolute Gasteiger partial charge is 0.0843 e. The first-order valence-electron chi connectivity index (χ1n) is 5.58. The van der Waals surface area contributed by atoms with Crippen LogP contribution >= 0.6 is 27.5 Å². The zero-order valence-electron chi connectivity index (χ0n) is 9.37. The Balaban J connectivity index is 1.88. The molecule has 1 radical (unpaired) electrons. The van der Waals surface area contributed by atoms with Gasteiger partial charge in [0.2, 0.25) is 0 Å². The minimum Gasteiger partial charge on any atom is -0.0843 e. The van der Waals surface area contributed by atoms with Crippen LogP contribution in [0.4, 0.5) is 0 Å². The molecule has 0 N–H and O–H groups in total. The summed E-state index contributed by atoms with van der Waals surface area (Å²) in [7, 11) is 0. The second-order valence-electron chi connectivity index (χ2n) is 3.89. The lowest BCUT2D eigenvalue weighted by atomic mass is 10.0. The summed E-state index contributed by atoms with van der Waals surface area (Å²) in [6, 6.07) is 16.3. The first-order valence-corrected chi connectivity index (χ1v) is 6.75. The molecule has 0 saturated heterocycles. The third kappa shape index (κ3) is 3.86. The van der Waals surface area contributed by atoms with Crippen LogP contribution < -0.4 is 0 Å². The smallest absolute Gasteiger partial charge is 0.0406 e. The molecule has 0 aliphatic rings. The number of benzene rings is 2. The SMILES string of the molecule is Clc1ccc(CC[CH]c2ccccc2Br)cc1. The number of hydrogen-bond donors (Lipinski definition) is 0. The molecule has 0 aliphatic heterocycles. The molecule has 0 bridgehead atoms. The van der Waals surface area contributed by atoms with Gasteiger partial charge in [0, 0.05) is 9.50 Å². The van der Waals surface area contributed by atoms with Gasteiger partial charge in [-0.25, -0.2) is 0 Å². The van der Waals surface area contributed by atoms with E-state index < -0.39 is 0 Å². The normalized spacial score (nSPS) is 10.5. The Bertz CT molecular complexity index is 477. The van der Waals surface area contributed by atoms with Crippen molar-refractivity contribution < 1.29 is 0 Å². The standard InChI is InChI=1S/C15H13BrCl/c16-15-7-2-1-5-13(15)6-3-4-12-8-10-14(17)11-9-12/h1-2,5-11H,3-4H2. The predicted octanol–water partition coefficient (Wildman–Crippen LogP) is 5.29. The van der Waals surface area contributed by atoms with Crippen molar-refractivity contribution in [3.63, 3.8) is 0 Å². The highest BCUT2D eigenvalue weighted by Gasteiger charge is 1.99. The molecule has 2 aromatic carbocycles. The fraction of sp³-hybridized carbons (Fsp3) is 0.133. The van der Waals surface area contributed by atoms with Crippen LogP contribution in [0.15, 0.2) is 53.0 Å². The molecular weight excluding hydrogens is 296 g/mol. The molecule has 0 unspecified atom stereocenters. The Morgan fingerprint density at radius 2 is 1.71 bits per heavy atom.